The van der Waals surface area contributed by atoms with E-state index >= 15 is 0 Å². The van der Waals surface area contributed by atoms with Crippen LogP contribution in [-0.4, -0.2) is 57.1 Å². The Kier molecular flexibility index (Phi) is 7.07. The Balaban J connectivity index is 1.11. The standard InChI is InChI=1S/C30H24F3N3O7S2/c31-30(32,33)16-3-1-2-4-17(16)34-18(37)11-43-13-7-5-12(6-8-13)20-21-14-9-15(24(21)44-26-25(20)45-29(42)35-26)23-22(14)27(40)36(28(23)41)10-19(38)39/h1-8,14-15,20-24H,9-11H2,(H,34,37)(H,35,42)(H,38,39)/t14?,15?,20-,21?,22?,23?,24?/m1/s1. The monoisotopic (exact) mass is 659 g/mol. The van der Waals surface area contributed by atoms with Gasteiger partial charge >= 0.3 is 17.0 Å². The Labute approximate surface area is 261 Å². The fourth-order valence-corrected chi connectivity index (χ4v) is 10.6. The number of carbonyl (C=O) groups is 4. The summed E-state index contributed by atoms with van der Waals surface area (Å²) in [5.41, 5.74) is -0.508. The number of carboxylic acid groups (broad SMARTS) is 1. The van der Waals surface area contributed by atoms with Crippen LogP contribution in [0, 0.1) is 29.6 Å². The van der Waals surface area contributed by atoms with Gasteiger partial charge in [-0.2, -0.15) is 13.2 Å². The maximum Gasteiger partial charge on any atom is 0.418 e. The summed E-state index contributed by atoms with van der Waals surface area (Å²) in [5, 5.41) is 12.2. The minimum atomic E-state index is -4.64. The molecule has 10 nitrogen and oxygen atoms in total. The van der Waals surface area contributed by atoms with Gasteiger partial charge in [0.1, 0.15) is 12.3 Å². The molecule has 234 valence electrons. The topological polar surface area (TPSA) is 146 Å². The number of nitrogens with zero attached hydrogens (tertiary/aromatic N) is 1. The molecule has 3 amide bonds. The molecule has 3 fully saturated rings. The summed E-state index contributed by atoms with van der Waals surface area (Å²) in [5.74, 6) is -4.48. The van der Waals surface area contributed by atoms with Crippen molar-refractivity contribution in [3.05, 3.63) is 74.2 Å². The molecule has 45 heavy (non-hydrogen) atoms. The van der Waals surface area contributed by atoms with Crippen LogP contribution in [0.3, 0.4) is 0 Å². The molecule has 1 aromatic heterocycles. The zero-order valence-electron chi connectivity index (χ0n) is 23.1. The molecule has 1 saturated heterocycles. The van der Waals surface area contributed by atoms with Crippen LogP contribution in [0.2, 0.25) is 0 Å². The summed E-state index contributed by atoms with van der Waals surface area (Å²) < 4.78 is 45.4. The molecule has 2 saturated carbocycles. The van der Waals surface area contributed by atoms with E-state index in [-0.39, 0.29) is 39.5 Å². The Morgan fingerprint density at radius 1 is 1.02 bits per heavy atom. The van der Waals surface area contributed by atoms with Crippen molar-refractivity contribution >= 4 is 52.5 Å². The molecule has 6 unspecified atom stereocenters. The average molecular weight is 660 g/mol. The number of alkyl halides is 3. The average Bonchev–Trinajstić information content (AvgIpc) is 3.72. The second-order valence-corrected chi connectivity index (χ2v) is 13.8. The first-order valence-electron chi connectivity index (χ1n) is 14.1. The summed E-state index contributed by atoms with van der Waals surface area (Å²) in [7, 11) is 0. The maximum absolute atomic E-state index is 13.3. The Hall–Kier alpha value is -4.11. The number of rotatable bonds is 7. The smallest absolute Gasteiger partial charge is 0.418 e. The molecule has 2 aliphatic heterocycles. The summed E-state index contributed by atoms with van der Waals surface area (Å²) in [4.78, 5) is 67.1. The lowest BCUT2D eigenvalue weighted by molar-refractivity contribution is -0.149. The van der Waals surface area contributed by atoms with Gasteiger partial charge in [0.25, 0.3) is 5.91 Å². The van der Waals surface area contributed by atoms with Crippen molar-refractivity contribution in [2.24, 2.45) is 29.6 Å². The van der Waals surface area contributed by atoms with Crippen molar-refractivity contribution < 1.29 is 42.2 Å². The Morgan fingerprint density at radius 3 is 2.40 bits per heavy atom. The quantitative estimate of drug-likeness (QED) is 0.323. The third-order valence-corrected chi connectivity index (χ3v) is 11.8. The summed E-state index contributed by atoms with van der Waals surface area (Å²) in [6.07, 6.45) is -3.98. The molecule has 0 radical (unpaired) electrons. The van der Waals surface area contributed by atoms with Crippen LogP contribution in [0.5, 0.6) is 5.75 Å². The number of fused-ring (bicyclic) bond motifs is 9. The minimum Gasteiger partial charge on any atom is -0.484 e. The van der Waals surface area contributed by atoms with Gasteiger partial charge in [-0.05, 0) is 54.0 Å². The lowest BCUT2D eigenvalue weighted by atomic mass is 9.68. The zero-order chi connectivity index (χ0) is 31.8. The highest BCUT2D eigenvalue weighted by Crippen LogP contribution is 2.68. The van der Waals surface area contributed by atoms with E-state index in [1.807, 2.05) is 0 Å². The third-order valence-electron chi connectivity index (χ3n) is 9.22. The molecule has 2 bridgehead atoms. The van der Waals surface area contributed by atoms with E-state index in [1.54, 1.807) is 24.3 Å². The molecule has 7 atom stereocenters. The molecule has 3 aromatic rings. The van der Waals surface area contributed by atoms with Crippen LogP contribution < -0.4 is 14.9 Å². The van der Waals surface area contributed by atoms with E-state index in [9.17, 15) is 42.3 Å². The highest BCUT2D eigenvalue weighted by molar-refractivity contribution is 8.00. The normalized spacial score (nSPS) is 28.1. The van der Waals surface area contributed by atoms with E-state index in [1.165, 1.54) is 23.9 Å². The number of H-pyrrole nitrogens is 1. The molecule has 2 aliphatic carbocycles. The largest absolute Gasteiger partial charge is 0.484 e. The van der Waals surface area contributed by atoms with Crippen molar-refractivity contribution in [2.75, 3.05) is 18.5 Å². The number of thioether (sulfide) groups is 1. The van der Waals surface area contributed by atoms with E-state index in [0.29, 0.717) is 12.2 Å². The minimum absolute atomic E-state index is 0.0697. The number of halogens is 3. The highest BCUT2D eigenvalue weighted by atomic mass is 32.2. The van der Waals surface area contributed by atoms with Crippen molar-refractivity contribution in [1.29, 1.82) is 0 Å². The maximum atomic E-state index is 13.3. The number of likely N-dealkylation sites (tertiary alicyclic amines) is 1. The van der Waals surface area contributed by atoms with Crippen LogP contribution in [0.25, 0.3) is 0 Å². The number of benzene rings is 2. The van der Waals surface area contributed by atoms with E-state index in [4.69, 9.17) is 4.74 Å². The van der Waals surface area contributed by atoms with Crippen molar-refractivity contribution in [3.8, 4) is 5.75 Å². The molecular formula is C30H24F3N3O7S2. The molecular weight excluding hydrogens is 635 g/mol. The lowest BCUT2D eigenvalue weighted by Gasteiger charge is -2.43. The second-order valence-electron chi connectivity index (χ2n) is 11.6. The van der Waals surface area contributed by atoms with Crippen LogP contribution in [0.15, 0.2) is 58.4 Å². The van der Waals surface area contributed by atoms with E-state index in [2.05, 4.69) is 10.3 Å². The number of carbonyl (C=O) groups excluding carboxylic acids is 3. The highest BCUT2D eigenvalue weighted by Gasteiger charge is 2.69. The molecule has 4 aliphatic rings. The first kappa shape index (κ1) is 29.6. The summed E-state index contributed by atoms with van der Waals surface area (Å²) in [6.45, 7) is -1.19. The number of para-hydroxylation sites is 1. The fourth-order valence-electron chi connectivity index (χ4n) is 7.69. The number of anilines is 1. The van der Waals surface area contributed by atoms with Crippen LogP contribution >= 0.6 is 23.1 Å². The van der Waals surface area contributed by atoms with Gasteiger partial charge in [0.05, 0.1) is 28.1 Å². The number of thiazole rings is 1. The van der Waals surface area contributed by atoms with Crippen LogP contribution in [-0.2, 0) is 25.4 Å². The zero-order valence-corrected chi connectivity index (χ0v) is 24.7. The van der Waals surface area contributed by atoms with Gasteiger partial charge in [-0.15, -0.1) is 11.8 Å². The van der Waals surface area contributed by atoms with Gasteiger partial charge in [-0.3, -0.25) is 28.9 Å². The number of carboxylic acids is 1. The number of amides is 3. The number of hydrogen-bond acceptors (Lipinski definition) is 8. The van der Waals surface area contributed by atoms with E-state index in [0.717, 1.165) is 43.8 Å². The third kappa shape index (κ3) is 4.92. The first-order chi connectivity index (χ1) is 21.4. The summed E-state index contributed by atoms with van der Waals surface area (Å²) >= 11 is 2.60. The van der Waals surface area contributed by atoms with Gasteiger partial charge in [0, 0.05) is 16.0 Å². The first-order valence-corrected chi connectivity index (χ1v) is 15.8. The van der Waals surface area contributed by atoms with Crippen LogP contribution in [0.1, 0.15) is 28.3 Å². The second kappa shape index (κ2) is 10.8. The van der Waals surface area contributed by atoms with Gasteiger partial charge < -0.3 is 20.1 Å². The van der Waals surface area contributed by atoms with Gasteiger partial charge in [0.2, 0.25) is 11.8 Å². The summed E-state index contributed by atoms with van der Waals surface area (Å²) in [6, 6.07) is 11.5. The number of aliphatic carboxylic acids is 1. The predicted octanol–water partition coefficient (Wildman–Crippen LogP) is 4.03. The van der Waals surface area contributed by atoms with E-state index < -0.39 is 60.4 Å². The predicted molar refractivity (Wildman–Crippen MR) is 155 cm³/mol. The number of imide groups is 1. The van der Waals surface area contributed by atoms with Gasteiger partial charge in [-0.1, -0.05) is 35.6 Å². The molecule has 15 heteroatoms. The van der Waals surface area contributed by atoms with Gasteiger partial charge in [-0.25, -0.2) is 0 Å². The van der Waals surface area contributed by atoms with Crippen molar-refractivity contribution in [1.82, 2.24) is 9.88 Å². The number of ether oxygens (including phenoxy) is 1. The lowest BCUT2D eigenvalue weighted by Crippen LogP contribution is -2.42. The van der Waals surface area contributed by atoms with Crippen molar-refractivity contribution in [2.45, 2.75) is 28.8 Å². The fraction of sp³-hybridized carbons (Fsp3) is 0.367. The molecule has 3 N–H and O–H groups in total. The molecule has 0 spiro atoms. The number of aromatic amines is 1. The molecule has 3 heterocycles. The molecule has 2 aromatic carbocycles. The van der Waals surface area contributed by atoms with Crippen LogP contribution in [0.4, 0.5) is 18.9 Å². The number of aromatic nitrogens is 1. The van der Waals surface area contributed by atoms with Gasteiger partial charge in [0.15, 0.2) is 6.61 Å². The number of nitrogens with one attached hydrogen (secondary N) is 2. The molecule has 7 rings (SSSR count). The number of hydrogen-bond donors (Lipinski definition) is 3. The Bertz CT molecular complexity index is 1790. The Morgan fingerprint density at radius 2 is 1.71 bits per heavy atom. The SMILES string of the molecule is O=C(O)CN1C(=O)C2C3CC(C2C1=O)C1C3Sc2[nH]c(=O)sc2[C@@H]1c1ccc(OCC(=O)Nc2ccccc2C(F)(F)F)cc1. The van der Waals surface area contributed by atoms with Crippen molar-refractivity contribution in [3.63, 3.8) is 0 Å².